The van der Waals surface area contributed by atoms with Crippen molar-refractivity contribution < 1.29 is 0 Å². The van der Waals surface area contributed by atoms with Crippen molar-refractivity contribution in [2.75, 3.05) is 5.75 Å². The Bertz CT molecular complexity index is 1080. The van der Waals surface area contributed by atoms with Crippen LogP contribution in [0, 0.1) is 0 Å². The number of hydrogen-bond donors (Lipinski definition) is 0. The molecule has 0 heterocycles. The Kier molecular flexibility index (Phi) is 5.15. The van der Waals surface area contributed by atoms with Crippen molar-refractivity contribution in [3.05, 3.63) is 83.4 Å². The Balaban J connectivity index is 1.72. The molecule has 3 aromatic carbocycles. The molecule has 0 bridgehead atoms. The monoisotopic (exact) mass is 400 g/mol. The molecular weight excluding hydrogens is 368 g/mol. The molecule has 1 aliphatic carbocycles. The summed E-state index contributed by atoms with van der Waals surface area (Å²) in [5.41, 5.74) is 7.04. The highest BCUT2D eigenvalue weighted by Gasteiger charge is 2.37. The van der Waals surface area contributed by atoms with E-state index < -0.39 is 0 Å². The minimum absolute atomic E-state index is 0.220. The molecule has 0 atom stereocenters. The van der Waals surface area contributed by atoms with Crippen LogP contribution in [-0.2, 0) is 10.8 Å². The molecule has 0 amide bonds. The van der Waals surface area contributed by atoms with E-state index in [1.54, 1.807) is 0 Å². The Morgan fingerprint density at radius 2 is 1.38 bits per heavy atom. The van der Waals surface area contributed by atoms with Gasteiger partial charge in [0.05, 0.1) is 0 Å². The van der Waals surface area contributed by atoms with E-state index in [2.05, 4.69) is 95.8 Å². The number of hydrogen-bond acceptors (Lipinski definition) is 1. The van der Waals surface area contributed by atoms with E-state index in [4.69, 9.17) is 0 Å². The van der Waals surface area contributed by atoms with Crippen LogP contribution >= 0.6 is 11.8 Å². The van der Waals surface area contributed by atoms with Crippen LogP contribution in [-0.4, -0.2) is 5.75 Å². The SMILES string of the molecule is C=C(c1ccc2c(c1)C(C)(C)CCC2(C)C)c1ccc2cc(SCC)ccc2c1. The summed E-state index contributed by atoms with van der Waals surface area (Å²) in [5.74, 6) is 1.10. The summed E-state index contributed by atoms with van der Waals surface area (Å²) in [5, 5.41) is 2.58. The summed E-state index contributed by atoms with van der Waals surface area (Å²) in [7, 11) is 0. The minimum atomic E-state index is 0.220. The first-order valence-electron chi connectivity index (χ1n) is 10.7. The third-order valence-electron chi connectivity index (χ3n) is 6.67. The number of fused-ring (bicyclic) bond motifs is 2. The van der Waals surface area contributed by atoms with Gasteiger partial charge >= 0.3 is 0 Å². The van der Waals surface area contributed by atoms with Crippen LogP contribution in [0.2, 0.25) is 0 Å². The minimum Gasteiger partial charge on any atom is -0.126 e. The normalized spacial score (nSPS) is 17.1. The first-order chi connectivity index (χ1) is 13.7. The van der Waals surface area contributed by atoms with Crippen molar-refractivity contribution in [2.24, 2.45) is 0 Å². The summed E-state index contributed by atoms with van der Waals surface area (Å²) in [6, 6.07) is 20.5. The van der Waals surface area contributed by atoms with Crippen LogP contribution < -0.4 is 0 Å². The maximum atomic E-state index is 4.48. The fraction of sp³-hybridized carbons (Fsp3) is 0.357. The van der Waals surface area contributed by atoms with Crippen LogP contribution in [0.3, 0.4) is 0 Å². The highest BCUT2D eigenvalue weighted by molar-refractivity contribution is 7.99. The molecule has 4 rings (SSSR count). The average molecular weight is 401 g/mol. The van der Waals surface area contributed by atoms with E-state index in [0.717, 1.165) is 11.3 Å². The maximum absolute atomic E-state index is 4.48. The summed E-state index contributed by atoms with van der Waals surface area (Å²) < 4.78 is 0. The Morgan fingerprint density at radius 1 is 0.793 bits per heavy atom. The molecule has 150 valence electrons. The third kappa shape index (κ3) is 3.78. The fourth-order valence-corrected chi connectivity index (χ4v) is 5.32. The second-order valence-electron chi connectivity index (χ2n) is 9.66. The molecule has 29 heavy (non-hydrogen) atoms. The van der Waals surface area contributed by atoms with Gasteiger partial charge in [0.1, 0.15) is 0 Å². The van der Waals surface area contributed by atoms with Crippen LogP contribution in [0.25, 0.3) is 16.3 Å². The van der Waals surface area contributed by atoms with Crippen LogP contribution in [0.1, 0.15) is 69.7 Å². The van der Waals surface area contributed by atoms with Gasteiger partial charge in [0, 0.05) is 4.90 Å². The molecule has 0 fully saturated rings. The smallest absolute Gasteiger partial charge is 0.00782 e. The second kappa shape index (κ2) is 7.36. The predicted octanol–water partition coefficient (Wildman–Crippen LogP) is 8.36. The highest BCUT2D eigenvalue weighted by atomic mass is 32.2. The average Bonchev–Trinajstić information content (AvgIpc) is 2.70. The van der Waals surface area contributed by atoms with Crippen molar-refractivity contribution in [3.63, 3.8) is 0 Å². The van der Waals surface area contributed by atoms with Gasteiger partial charge in [-0.15, -0.1) is 11.8 Å². The molecule has 0 unspecified atom stereocenters. The van der Waals surface area contributed by atoms with Crippen molar-refractivity contribution >= 4 is 28.1 Å². The molecule has 1 aliphatic rings. The summed E-state index contributed by atoms with van der Waals surface area (Å²) >= 11 is 1.89. The zero-order chi connectivity index (χ0) is 20.8. The second-order valence-corrected chi connectivity index (χ2v) is 11.0. The van der Waals surface area contributed by atoms with E-state index >= 15 is 0 Å². The van der Waals surface area contributed by atoms with Crippen molar-refractivity contribution in [3.8, 4) is 0 Å². The van der Waals surface area contributed by atoms with Gasteiger partial charge in [-0.05, 0) is 86.2 Å². The van der Waals surface area contributed by atoms with Crippen molar-refractivity contribution in [2.45, 2.75) is 63.2 Å². The Morgan fingerprint density at radius 3 is 2.10 bits per heavy atom. The first-order valence-corrected chi connectivity index (χ1v) is 11.7. The molecule has 0 saturated carbocycles. The van der Waals surface area contributed by atoms with Crippen LogP contribution in [0.15, 0.2) is 66.1 Å². The zero-order valence-corrected chi connectivity index (χ0v) is 19.2. The van der Waals surface area contributed by atoms with Gasteiger partial charge in [-0.25, -0.2) is 0 Å². The predicted molar refractivity (Wildman–Crippen MR) is 130 cm³/mol. The van der Waals surface area contributed by atoms with Gasteiger partial charge in [-0.3, -0.25) is 0 Å². The Labute approximate surface area is 180 Å². The van der Waals surface area contributed by atoms with Gasteiger partial charge < -0.3 is 0 Å². The molecule has 0 spiro atoms. The lowest BCUT2D eigenvalue weighted by Crippen LogP contribution is -2.33. The molecule has 3 aromatic rings. The van der Waals surface area contributed by atoms with E-state index in [0.29, 0.717) is 0 Å². The number of thioether (sulfide) groups is 1. The Hall–Kier alpha value is -1.99. The quantitative estimate of drug-likeness (QED) is 0.396. The molecule has 0 N–H and O–H groups in total. The number of rotatable bonds is 4. The largest absolute Gasteiger partial charge is 0.126 e. The molecule has 0 aliphatic heterocycles. The molecular formula is C28H32S. The lowest BCUT2D eigenvalue weighted by molar-refractivity contribution is 0.332. The van der Waals surface area contributed by atoms with Crippen LogP contribution in [0.4, 0.5) is 0 Å². The molecule has 0 aromatic heterocycles. The van der Waals surface area contributed by atoms with Gasteiger partial charge in [0.25, 0.3) is 0 Å². The van der Waals surface area contributed by atoms with E-state index in [1.807, 2.05) is 11.8 Å². The van der Waals surface area contributed by atoms with Gasteiger partial charge in [0.15, 0.2) is 0 Å². The van der Waals surface area contributed by atoms with Gasteiger partial charge in [-0.1, -0.05) is 77.6 Å². The first kappa shape index (κ1) is 20.3. The summed E-state index contributed by atoms with van der Waals surface area (Å²) in [4.78, 5) is 1.34. The highest BCUT2D eigenvalue weighted by Crippen LogP contribution is 2.46. The molecule has 0 radical (unpaired) electrons. The van der Waals surface area contributed by atoms with E-state index in [1.165, 1.54) is 50.8 Å². The van der Waals surface area contributed by atoms with Crippen molar-refractivity contribution in [1.29, 1.82) is 0 Å². The maximum Gasteiger partial charge on any atom is 0.00782 e. The van der Waals surface area contributed by atoms with Gasteiger partial charge in [-0.2, -0.15) is 0 Å². The lowest BCUT2D eigenvalue weighted by atomic mass is 9.63. The standard InChI is InChI=1S/C28H32S/c1-7-29-24-12-10-22-16-20(8-9-23(22)17-24)19(2)21-11-13-25-26(18-21)28(5,6)15-14-27(25,3)4/h8-13,16-18H,2,7,14-15H2,1,3-6H3. The topological polar surface area (TPSA) is 0 Å². The molecule has 1 heteroatoms. The van der Waals surface area contributed by atoms with Crippen molar-refractivity contribution in [1.82, 2.24) is 0 Å². The van der Waals surface area contributed by atoms with Gasteiger partial charge in [0.2, 0.25) is 0 Å². The van der Waals surface area contributed by atoms with E-state index in [-0.39, 0.29) is 10.8 Å². The zero-order valence-electron chi connectivity index (χ0n) is 18.4. The third-order valence-corrected chi connectivity index (χ3v) is 7.55. The lowest BCUT2D eigenvalue weighted by Gasteiger charge is -2.42. The van der Waals surface area contributed by atoms with E-state index in [9.17, 15) is 0 Å². The molecule has 0 nitrogen and oxygen atoms in total. The molecule has 0 saturated heterocycles. The summed E-state index contributed by atoms with van der Waals surface area (Å²) in [6.07, 6.45) is 2.48. The number of benzene rings is 3. The van der Waals surface area contributed by atoms with Crippen LogP contribution in [0.5, 0.6) is 0 Å². The fourth-order valence-electron chi connectivity index (χ4n) is 4.61. The summed E-state index contributed by atoms with van der Waals surface area (Å²) in [6.45, 7) is 16.2.